The van der Waals surface area contributed by atoms with Crippen LogP contribution in [-0.4, -0.2) is 30.4 Å². The van der Waals surface area contributed by atoms with Crippen molar-refractivity contribution in [3.63, 3.8) is 0 Å². The Morgan fingerprint density at radius 3 is 2.48 bits per heavy atom. The van der Waals surface area contributed by atoms with Gasteiger partial charge in [0.1, 0.15) is 0 Å². The quantitative estimate of drug-likeness (QED) is 0.902. The van der Waals surface area contributed by atoms with Crippen molar-refractivity contribution in [3.8, 4) is 0 Å². The van der Waals surface area contributed by atoms with E-state index >= 15 is 0 Å². The number of carbonyl (C=O) groups excluding carboxylic acids is 1. The van der Waals surface area contributed by atoms with Gasteiger partial charge < -0.3 is 10.2 Å². The molecule has 0 aromatic heterocycles. The zero-order chi connectivity index (χ0) is 16.2. The summed E-state index contributed by atoms with van der Waals surface area (Å²) in [5.41, 5.74) is 2.78. The average Bonchev–Trinajstić information content (AvgIpc) is 3.05. The Hall–Kier alpha value is -1.84. The number of likely N-dealkylation sites (N-methyl/N-ethyl adjacent to an activating group) is 1. The van der Waals surface area contributed by atoms with E-state index in [1.807, 2.05) is 12.1 Å². The van der Waals surface area contributed by atoms with E-state index in [0.717, 1.165) is 18.8 Å². The summed E-state index contributed by atoms with van der Waals surface area (Å²) in [6, 6.07) is 15.1. The fraction of sp³-hybridized carbons (Fsp3) is 0.316. The average molecular weight is 329 g/mol. The monoisotopic (exact) mass is 328 g/mol. The predicted octanol–water partition coefficient (Wildman–Crippen LogP) is 4.40. The third-order valence-electron chi connectivity index (χ3n) is 4.47. The van der Waals surface area contributed by atoms with Gasteiger partial charge in [-0.1, -0.05) is 30.7 Å². The Bertz CT molecular complexity index is 667. The van der Waals surface area contributed by atoms with Crippen molar-refractivity contribution < 1.29 is 4.79 Å². The van der Waals surface area contributed by atoms with Crippen LogP contribution in [0.25, 0.3) is 0 Å². The van der Waals surface area contributed by atoms with E-state index in [-0.39, 0.29) is 5.91 Å². The van der Waals surface area contributed by atoms with Crippen LogP contribution in [0.15, 0.2) is 48.5 Å². The summed E-state index contributed by atoms with van der Waals surface area (Å²) >= 11 is 5.84. The van der Waals surface area contributed by atoms with Gasteiger partial charge in [-0.15, -0.1) is 0 Å². The molecule has 1 amide bonds. The molecule has 1 aliphatic rings. The molecule has 2 aromatic carbocycles. The number of nitrogens with one attached hydrogen (secondary N) is 1. The Kier molecular flexibility index (Phi) is 4.99. The first-order valence-corrected chi connectivity index (χ1v) is 8.42. The van der Waals surface area contributed by atoms with Gasteiger partial charge in [0.05, 0.1) is 0 Å². The first-order chi connectivity index (χ1) is 11.2. The number of rotatable bonds is 4. The minimum absolute atomic E-state index is 0.118. The summed E-state index contributed by atoms with van der Waals surface area (Å²) in [5, 5.41) is 3.55. The lowest BCUT2D eigenvalue weighted by Gasteiger charge is -2.14. The highest BCUT2D eigenvalue weighted by atomic mass is 35.5. The Morgan fingerprint density at radius 2 is 1.87 bits per heavy atom. The molecule has 1 aliphatic heterocycles. The van der Waals surface area contributed by atoms with Crippen LogP contribution in [0.3, 0.4) is 0 Å². The number of carbonyl (C=O) groups is 1. The van der Waals surface area contributed by atoms with Crippen LogP contribution >= 0.6 is 11.6 Å². The SMILES string of the molecule is CCN1CC[C@@H](c2ccc(NC(=O)c3ccc(Cl)cc3)cc2)C1. The van der Waals surface area contributed by atoms with Crippen molar-refractivity contribution in [1.29, 1.82) is 0 Å². The van der Waals surface area contributed by atoms with Crippen molar-refractivity contribution in [1.82, 2.24) is 4.90 Å². The molecule has 3 rings (SSSR count). The molecule has 4 heteroatoms. The van der Waals surface area contributed by atoms with E-state index in [1.165, 1.54) is 18.5 Å². The summed E-state index contributed by atoms with van der Waals surface area (Å²) in [7, 11) is 0. The molecular formula is C19H21ClN2O. The van der Waals surface area contributed by atoms with Crippen LogP contribution in [0.1, 0.15) is 35.2 Å². The number of halogens is 1. The molecule has 1 fully saturated rings. The number of nitrogens with zero attached hydrogens (tertiary/aromatic N) is 1. The van der Waals surface area contributed by atoms with Crippen molar-refractivity contribution >= 4 is 23.2 Å². The van der Waals surface area contributed by atoms with Gasteiger partial charge in [0, 0.05) is 22.8 Å². The van der Waals surface area contributed by atoms with Crippen molar-refractivity contribution in [2.75, 3.05) is 25.0 Å². The van der Waals surface area contributed by atoms with Crippen LogP contribution in [-0.2, 0) is 0 Å². The van der Waals surface area contributed by atoms with E-state index in [2.05, 4.69) is 29.3 Å². The molecule has 1 heterocycles. The van der Waals surface area contributed by atoms with Crippen molar-refractivity contribution in [3.05, 3.63) is 64.7 Å². The van der Waals surface area contributed by atoms with Crippen molar-refractivity contribution in [2.45, 2.75) is 19.3 Å². The first kappa shape index (κ1) is 16.0. The lowest BCUT2D eigenvalue weighted by molar-refractivity contribution is 0.102. The predicted molar refractivity (Wildman–Crippen MR) is 95.3 cm³/mol. The van der Waals surface area contributed by atoms with Crippen LogP contribution in [0, 0.1) is 0 Å². The Morgan fingerprint density at radius 1 is 1.17 bits per heavy atom. The maximum Gasteiger partial charge on any atom is 0.255 e. The minimum atomic E-state index is -0.118. The fourth-order valence-corrected chi connectivity index (χ4v) is 3.16. The summed E-state index contributed by atoms with van der Waals surface area (Å²) in [6.07, 6.45) is 1.21. The molecule has 23 heavy (non-hydrogen) atoms. The molecule has 3 nitrogen and oxygen atoms in total. The van der Waals surface area contributed by atoms with Gasteiger partial charge >= 0.3 is 0 Å². The summed E-state index contributed by atoms with van der Waals surface area (Å²) in [4.78, 5) is 14.7. The fourth-order valence-electron chi connectivity index (χ4n) is 3.04. The molecule has 1 N–H and O–H groups in total. The maximum atomic E-state index is 12.2. The lowest BCUT2D eigenvalue weighted by Crippen LogP contribution is -2.19. The molecule has 1 saturated heterocycles. The van der Waals surface area contributed by atoms with Crippen molar-refractivity contribution in [2.24, 2.45) is 0 Å². The zero-order valence-corrected chi connectivity index (χ0v) is 14.0. The van der Waals surface area contributed by atoms with Gasteiger partial charge in [0.25, 0.3) is 5.91 Å². The highest BCUT2D eigenvalue weighted by Crippen LogP contribution is 2.27. The normalized spacial score (nSPS) is 18.1. The standard InChI is InChI=1S/C19H21ClN2O/c1-2-22-12-11-16(13-22)14-5-9-18(10-6-14)21-19(23)15-3-7-17(20)8-4-15/h3-10,16H,2,11-13H2,1H3,(H,21,23)/t16-/m1/s1. The third-order valence-corrected chi connectivity index (χ3v) is 4.72. The molecule has 1 atom stereocenters. The topological polar surface area (TPSA) is 32.3 Å². The van der Waals surface area contributed by atoms with Gasteiger partial charge in [0.2, 0.25) is 0 Å². The van der Waals surface area contributed by atoms with Gasteiger partial charge in [-0.05, 0) is 67.4 Å². The molecule has 120 valence electrons. The van der Waals surface area contributed by atoms with Gasteiger partial charge in [-0.2, -0.15) is 0 Å². The summed E-state index contributed by atoms with van der Waals surface area (Å²) < 4.78 is 0. The van der Waals surface area contributed by atoms with Crippen LogP contribution < -0.4 is 5.32 Å². The second-order valence-corrected chi connectivity index (χ2v) is 6.40. The lowest BCUT2D eigenvalue weighted by atomic mass is 9.98. The summed E-state index contributed by atoms with van der Waals surface area (Å²) in [5.74, 6) is 0.489. The van der Waals surface area contributed by atoms with E-state index < -0.39 is 0 Å². The Labute approximate surface area is 142 Å². The highest BCUT2D eigenvalue weighted by Gasteiger charge is 2.22. The number of benzene rings is 2. The van der Waals surface area contributed by atoms with Gasteiger partial charge in [-0.25, -0.2) is 0 Å². The highest BCUT2D eigenvalue weighted by molar-refractivity contribution is 6.30. The number of hydrogen-bond donors (Lipinski definition) is 1. The molecule has 0 saturated carbocycles. The number of amides is 1. The van der Waals surface area contributed by atoms with Gasteiger partial charge in [0.15, 0.2) is 0 Å². The largest absolute Gasteiger partial charge is 0.322 e. The van der Waals surface area contributed by atoms with Crippen LogP contribution in [0.2, 0.25) is 5.02 Å². The molecule has 0 aliphatic carbocycles. The zero-order valence-electron chi connectivity index (χ0n) is 13.3. The number of anilines is 1. The van der Waals surface area contributed by atoms with E-state index in [9.17, 15) is 4.79 Å². The second-order valence-electron chi connectivity index (χ2n) is 5.96. The smallest absolute Gasteiger partial charge is 0.255 e. The van der Waals surface area contributed by atoms with E-state index in [4.69, 9.17) is 11.6 Å². The number of hydrogen-bond acceptors (Lipinski definition) is 2. The molecule has 0 radical (unpaired) electrons. The molecular weight excluding hydrogens is 308 g/mol. The second kappa shape index (κ2) is 7.16. The third kappa shape index (κ3) is 3.92. The minimum Gasteiger partial charge on any atom is -0.322 e. The van der Waals surface area contributed by atoms with Crippen LogP contribution in [0.5, 0.6) is 0 Å². The van der Waals surface area contributed by atoms with E-state index in [0.29, 0.717) is 16.5 Å². The molecule has 0 unspecified atom stereocenters. The van der Waals surface area contributed by atoms with E-state index in [1.54, 1.807) is 24.3 Å². The molecule has 0 bridgehead atoms. The van der Waals surface area contributed by atoms with Gasteiger partial charge in [-0.3, -0.25) is 4.79 Å². The number of likely N-dealkylation sites (tertiary alicyclic amines) is 1. The molecule has 0 spiro atoms. The first-order valence-electron chi connectivity index (χ1n) is 8.05. The maximum absolute atomic E-state index is 12.2. The Balaban J connectivity index is 1.63. The molecule has 2 aromatic rings. The van der Waals surface area contributed by atoms with Crippen LogP contribution in [0.4, 0.5) is 5.69 Å². The summed E-state index contributed by atoms with van der Waals surface area (Å²) in [6.45, 7) is 5.63.